The SMILES string of the molecule is CCOC(=O)c1c(NC(=O)C(C)Sc2c([O-])on[n+]2-c2ccccc2)sc2c1CCC(c1ccccc1)C2. The third-order valence-corrected chi connectivity index (χ3v) is 8.78. The number of aromatic nitrogens is 2. The summed E-state index contributed by atoms with van der Waals surface area (Å²) in [6.07, 6.45) is 2.45. The van der Waals surface area contributed by atoms with Crippen molar-refractivity contribution in [2.45, 2.75) is 49.3 Å². The van der Waals surface area contributed by atoms with E-state index in [2.05, 4.69) is 22.7 Å². The number of para-hydroxylation sites is 1. The second-order valence-corrected chi connectivity index (χ2v) is 11.4. The Labute approximate surface area is 228 Å². The molecule has 0 fully saturated rings. The normalized spacial score (nSPS) is 15.5. The summed E-state index contributed by atoms with van der Waals surface area (Å²) in [5.41, 5.74) is 3.32. The topological polar surface area (TPSA) is 108 Å². The van der Waals surface area contributed by atoms with Crippen molar-refractivity contribution in [2.24, 2.45) is 0 Å². The lowest BCUT2D eigenvalue weighted by molar-refractivity contribution is -0.705. The molecule has 0 saturated heterocycles. The van der Waals surface area contributed by atoms with Crippen LogP contribution in [0.1, 0.15) is 52.5 Å². The van der Waals surface area contributed by atoms with Crippen LogP contribution in [0.3, 0.4) is 0 Å². The fraction of sp³-hybridized carbons (Fsp3) is 0.286. The zero-order chi connectivity index (χ0) is 26.6. The molecule has 0 saturated carbocycles. The first-order valence-electron chi connectivity index (χ1n) is 12.4. The standard InChI is InChI=1S/C28H27N3O5S2/c1-3-35-27(33)23-21-15-14-19(18-10-6-4-7-11-18)16-22(21)38-25(23)29-24(32)17(2)37-26-28(34)36-30-31(26)20-12-8-5-9-13-20/h4-13,17,19H,3,14-16H2,1-2H3,(H-,29,30,32,33,34). The molecule has 1 aliphatic rings. The number of nitrogens with one attached hydrogen (secondary N) is 1. The number of carbonyl (C=O) groups excluding carboxylic acids is 2. The van der Waals surface area contributed by atoms with E-state index < -0.39 is 17.2 Å². The van der Waals surface area contributed by atoms with Gasteiger partial charge in [-0.2, -0.15) is 0 Å². The lowest BCUT2D eigenvalue weighted by Gasteiger charge is -2.23. The number of anilines is 1. The second kappa shape index (κ2) is 11.4. The van der Waals surface area contributed by atoms with Crippen molar-refractivity contribution in [3.8, 4) is 11.6 Å². The van der Waals surface area contributed by atoms with Gasteiger partial charge in [0, 0.05) is 17.0 Å². The Morgan fingerprint density at radius 3 is 2.63 bits per heavy atom. The number of ether oxygens (including phenoxy) is 1. The van der Waals surface area contributed by atoms with Crippen molar-refractivity contribution in [2.75, 3.05) is 11.9 Å². The van der Waals surface area contributed by atoms with Gasteiger partial charge in [-0.25, -0.2) is 4.79 Å². The van der Waals surface area contributed by atoms with E-state index in [1.165, 1.54) is 21.6 Å². The van der Waals surface area contributed by atoms with Gasteiger partial charge in [-0.1, -0.05) is 48.5 Å². The summed E-state index contributed by atoms with van der Waals surface area (Å²) < 4.78 is 11.6. The highest BCUT2D eigenvalue weighted by molar-refractivity contribution is 8.00. The first kappa shape index (κ1) is 26.0. The quantitative estimate of drug-likeness (QED) is 0.194. The van der Waals surface area contributed by atoms with Crippen LogP contribution in [0.5, 0.6) is 5.95 Å². The van der Waals surface area contributed by atoms with E-state index in [1.807, 2.05) is 36.4 Å². The number of carbonyl (C=O) groups is 2. The smallest absolute Gasteiger partial charge is 0.341 e. The molecule has 2 atom stereocenters. The Morgan fingerprint density at radius 1 is 1.21 bits per heavy atom. The van der Waals surface area contributed by atoms with Crippen LogP contribution in [0.15, 0.2) is 70.2 Å². The minimum Gasteiger partial charge on any atom is -0.538 e. The van der Waals surface area contributed by atoms with Crippen LogP contribution >= 0.6 is 23.1 Å². The second-order valence-electron chi connectivity index (χ2n) is 8.94. The third-order valence-electron chi connectivity index (χ3n) is 6.48. The average Bonchev–Trinajstić information content (AvgIpc) is 3.48. The van der Waals surface area contributed by atoms with E-state index in [1.54, 1.807) is 26.0 Å². The predicted molar refractivity (Wildman–Crippen MR) is 143 cm³/mol. The number of esters is 1. The van der Waals surface area contributed by atoms with Gasteiger partial charge < -0.3 is 19.7 Å². The summed E-state index contributed by atoms with van der Waals surface area (Å²) >= 11 is 2.48. The molecular formula is C28H27N3O5S2. The van der Waals surface area contributed by atoms with Gasteiger partial charge in [-0.15, -0.1) is 11.3 Å². The Hall–Kier alpha value is -3.63. The van der Waals surface area contributed by atoms with E-state index in [0.717, 1.165) is 41.5 Å². The summed E-state index contributed by atoms with van der Waals surface area (Å²) in [5.74, 6) is -1.03. The summed E-state index contributed by atoms with van der Waals surface area (Å²) in [6, 6.07) is 19.4. The van der Waals surface area contributed by atoms with Gasteiger partial charge in [0.2, 0.25) is 11.6 Å². The molecule has 0 bridgehead atoms. The lowest BCUT2D eigenvalue weighted by atomic mass is 9.83. The van der Waals surface area contributed by atoms with Gasteiger partial charge in [0.15, 0.2) is 5.95 Å². The van der Waals surface area contributed by atoms with Gasteiger partial charge in [-0.3, -0.25) is 4.79 Å². The summed E-state index contributed by atoms with van der Waals surface area (Å²) in [7, 11) is 0. The number of benzene rings is 2. The molecule has 2 heterocycles. The van der Waals surface area contributed by atoms with Gasteiger partial charge >= 0.3 is 5.97 Å². The van der Waals surface area contributed by atoms with Crippen LogP contribution in [0.4, 0.5) is 5.00 Å². The largest absolute Gasteiger partial charge is 0.538 e. The van der Waals surface area contributed by atoms with Crippen molar-refractivity contribution in [1.82, 2.24) is 5.27 Å². The highest BCUT2D eigenvalue weighted by atomic mass is 32.2. The van der Waals surface area contributed by atoms with Crippen LogP contribution in [0, 0.1) is 0 Å². The summed E-state index contributed by atoms with van der Waals surface area (Å²) in [4.78, 5) is 27.3. The number of amides is 1. The minimum absolute atomic E-state index is 0.195. The molecule has 0 radical (unpaired) electrons. The number of thiophene rings is 1. The number of hydrogen-bond donors (Lipinski definition) is 1. The van der Waals surface area contributed by atoms with Crippen LogP contribution in [-0.2, 0) is 22.4 Å². The van der Waals surface area contributed by atoms with Gasteiger partial charge in [0.05, 0.1) is 22.7 Å². The first-order valence-corrected chi connectivity index (χ1v) is 14.1. The zero-order valence-corrected chi connectivity index (χ0v) is 22.6. The molecule has 38 heavy (non-hydrogen) atoms. The average molecular weight is 550 g/mol. The van der Waals surface area contributed by atoms with E-state index in [-0.39, 0.29) is 17.5 Å². The van der Waals surface area contributed by atoms with Crippen LogP contribution in [0.25, 0.3) is 5.69 Å². The molecule has 2 aromatic heterocycles. The van der Waals surface area contributed by atoms with E-state index in [0.29, 0.717) is 22.2 Å². The molecule has 10 heteroatoms. The van der Waals surface area contributed by atoms with Crippen LogP contribution in [0.2, 0.25) is 0 Å². The highest BCUT2D eigenvalue weighted by Crippen LogP contribution is 2.43. The Bertz CT molecular complexity index is 1440. The Kier molecular flexibility index (Phi) is 7.80. The maximum atomic E-state index is 13.3. The summed E-state index contributed by atoms with van der Waals surface area (Å²) in [5, 5.41) is 19.2. The molecule has 1 N–H and O–H groups in total. The fourth-order valence-electron chi connectivity index (χ4n) is 4.61. The molecule has 4 aromatic rings. The molecule has 5 rings (SSSR count). The molecule has 0 spiro atoms. The maximum absolute atomic E-state index is 13.3. The molecule has 0 aliphatic heterocycles. The van der Waals surface area contributed by atoms with Gasteiger partial charge in [0.25, 0.3) is 5.03 Å². The molecule has 2 aromatic carbocycles. The van der Waals surface area contributed by atoms with Gasteiger partial charge in [-0.05, 0) is 66.6 Å². The molecule has 196 valence electrons. The number of nitrogens with zero attached hydrogens (tertiary/aromatic N) is 2. The zero-order valence-electron chi connectivity index (χ0n) is 21.0. The van der Waals surface area contributed by atoms with Crippen molar-refractivity contribution < 1.29 is 28.6 Å². The van der Waals surface area contributed by atoms with E-state index in [9.17, 15) is 14.7 Å². The maximum Gasteiger partial charge on any atom is 0.341 e. The number of thioether (sulfide) groups is 1. The molecule has 1 aliphatic carbocycles. The molecule has 8 nitrogen and oxygen atoms in total. The van der Waals surface area contributed by atoms with E-state index >= 15 is 0 Å². The van der Waals surface area contributed by atoms with Crippen molar-refractivity contribution in [3.63, 3.8) is 0 Å². The molecule has 2 unspecified atom stereocenters. The first-order chi connectivity index (χ1) is 18.5. The monoisotopic (exact) mass is 549 g/mol. The van der Waals surface area contributed by atoms with Crippen LogP contribution < -0.4 is 15.1 Å². The Morgan fingerprint density at radius 2 is 1.92 bits per heavy atom. The Balaban J connectivity index is 1.38. The van der Waals surface area contributed by atoms with Crippen molar-refractivity contribution >= 4 is 40.0 Å². The van der Waals surface area contributed by atoms with Crippen molar-refractivity contribution in [3.05, 3.63) is 82.2 Å². The number of hydrogen-bond acceptors (Lipinski definition) is 8. The summed E-state index contributed by atoms with van der Waals surface area (Å²) in [6.45, 7) is 3.71. The predicted octanol–water partition coefficient (Wildman–Crippen LogP) is 4.65. The third kappa shape index (κ3) is 5.32. The van der Waals surface area contributed by atoms with Crippen LogP contribution in [-0.4, -0.2) is 29.0 Å². The van der Waals surface area contributed by atoms with E-state index in [4.69, 9.17) is 9.26 Å². The highest BCUT2D eigenvalue weighted by Gasteiger charge is 2.32. The van der Waals surface area contributed by atoms with Crippen molar-refractivity contribution in [1.29, 1.82) is 0 Å². The minimum atomic E-state index is -0.664. The lowest BCUT2D eigenvalue weighted by Crippen LogP contribution is -2.36. The molecule has 1 amide bonds. The number of rotatable bonds is 8. The fourth-order valence-corrected chi connectivity index (χ4v) is 6.80. The number of fused-ring (bicyclic) bond motifs is 1. The molecular weight excluding hydrogens is 522 g/mol. The van der Waals surface area contributed by atoms with Gasteiger partial charge in [0.1, 0.15) is 5.00 Å².